The zero-order valence-electron chi connectivity index (χ0n) is 13.8. The molecule has 0 fully saturated rings. The molecule has 126 valence electrons. The Balaban J connectivity index is 1.80. The fraction of sp³-hybridized carbons (Fsp3) is 0.143. The van der Waals surface area contributed by atoms with Crippen molar-refractivity contribution in [3.63, 3.8) is 0 Å². The highest BCUT2D eigenvalue weighted by atomic mass is 79.9. The van der Waals surface area contributed by atoms with Gasteiger partial charge in [-0.15, -0.1) is 0 Å². The molecule has 3 aromatic carbocycles. The Bertz CT molecular complexity index is 882. The molecule has 0 saturated carbocycles. The van der Waals surface area contributed by atoms with Crippen molar-refractivity contribution in [3.8, 4) is 5.75 Å². The normalized spacial score (nSPS) is 19.0. The van der Waals surface area contributed by atoms with Gasteiger partial charge in [0.1, 0.15) is 11.9 Å². The van der Waals surface area contributed by atoms with E-state index in [4.69, 9.17) is 9.47 Å². The zero-order chi connectivity index (χ0) is 17.2. The Labute approximate surface area is 155 Å². The van der Waals surface area contributed by atoms with E-state index in [1.54, 1.807) is 7.11 Å². The van der Waals surface area contributed by atoms with Crippen molar-refractivity contribution in [2.45, 2.75) is 12.3 Å². The lowest BCUT2D eigenvalue weighted by Gasteiger charge is -2.35. The van der Waals surface area contributed by atoms with Crippen molar-refractivity contribution >= 4 is 21.6 Å². The number of benzene rings is 3. The first kappa shape index (κ1) is 16.2. The van der Waals surface area contributed by atoms with Crippen LogP contribution in [0.2, 0.25) is 0 Å². The van der Waals surface area contributed by atoms with E-state index >= 15 is 0 Å². The predicted molar refractivity (Wildman–Crippen MR) is 103 cm³/mol. The van der Waals surface area contributed by atoms with E-state index in [1.807, 2.05) is 48.5 Å². The van der Waals surface area contributed by atoms with Crippen LogP contribution in [0.25, 0.3) is 0 Å². The summed E-state index contributed by atoms with van der Waals surface area (Å²) in [6.07, 6.45) is -0.431. The van der Waals surface area contributed by atoms with Gasteiger partial charge in [-0.1, -0.05) is 64.5 Å². The monoisotopic (exact) mass is 395 g/mol. The minimum atomic E-state index is -0.282. The average molecular weight is 396 g/mol. The van der Waals surface area contributed by atoms with Gasteiger partial charge in [-0.3, -0.25) is 0 Å². The number of rotatable bonds is 3. The molecule has 3 nitrogen and oxygen atoms in total. The second-order valence-corrected chi connectivity index (χ2v) is 6.84. The minimum absolute atomic E-state index is 0.148. The smallest absolute Gasteiger partial charge is 0.158 e. The number of ether oxygens (including phenoxy) is 2. The Morgan fingerprint density at radius 1 is 0.920 bits per heavy atom. The molecule has 1 N–H and O–H groups in total. The van der Waals surface area contributed by atoms with Crippen LogP contribution in [0.5, 0.6) is 5.75 Å². The molecule has 4 rings (SSSR count). The fourth-order valence-electron chi connectivity index (χ4n) is 3.19. The van der Waals surface area contributed by atoms with Crippen LogP contribution in [-0.4, -0.2) is 7.11 Å². The predicted octanol–water partition coefficient (Wildman–Crippen LogP) is 5.69. The molecule has 1 aliphatic heterocycles. The Morgan fingerprint density at radius 2 is 1.68 bits per heavy atom. The molecule has 2 unspecified atom stereocenters. The van der Waals surface area contributed by atoms with Crippen LogP contribution >= 0.6 is 15.9 Å². The largest absolute Gasteiger partial charge is 0.496 e. The van der Waals surface area contributed by atoms with Crippen LogP contribution in [0.4, 0.5) is 5.69 Å². The highest BCUT2D eigenvalue weighted by Crippen LogP contribution is 2.43. The summed E-state index contributed by atoms with van der Waals surface area (Å²) in [5.41, 5.74) is 4.30. The quantitative estimate of drug-likeness (QED) is 0.617. The topological polar surface area (TPSA) is 30.5 Å². The van der Waals surface area contributed by atoms with Gasteiger partial charge >= 0.3 is 0 Å². The molecule has 0 aliphatic carbocycles. The van der Waals surface area contributed by atoms with E-state index in [2.05, 4.69) is 45.5 Å². The van der Waals surface area contributed by atoms with E-state index in [9.17, 15) is 0 Å². The molecule has 0 aromatic heterocycles. The minimum Gasteiger partial charge on any atom is -0.496 e. The molecule has 0 amide bonds. The average Bonchev–Trinajstić information content (AvgIpc) is 2.68. The summed E-state index contributed by atoms with van der Waals surface area (Å²) < 4.78 is 13.0. The highest BCUT2D eigenvalue weighted by molar-refractivity contribution is 9.10. The van der Waals surface area contributed by atoms with Crippen molar-refractivity contribution in [3.05, 3.63) is 94.0 Å². The van der Waals surface area contributed by atoms with Crippen LogP contribution in [0.1, 0.15) is 29.0 Å². The van der Waals surface area contributed by atoms with Gasteiger partial charge in [-0.25, -0.2) is 0 Å². The van der Waals surface area contributed by atoms with Gasteiger partial charge in [0.05, 0.1) is 7.11 Å². The summed E-state index contributed by atoms with van der Waals surface area (Å²) >= 11 is 3.57. The van der Waals surface area contributed by atoms with E-state index in [-0.39, 0.29) is 12.3 Å². The maximum Gasteiger partial charge on any atom is 0.158 e. The molecule has 1 aliphatic rings. The van der Waals surface area contributed by atoms with Crippen LogP contribution in [0.15, 0.2) is 77.3 Å². The number of fused-ring (bicyclic) bond motifs is 1. The summed E-state index contributed by atoms with van der Waals surface area (Å²) in [4.78, 5) is 0. The van der Waals surface area contributed by atoms with E-state index < -0.39 is 0 Å². The van der Waals surface area contributed by atoms with Crippen molar-refractivity contribution in [1.29, 1.82) is 0 Å². The molecule has 0 spiro atoms. The Kier molecular flexibility index (Phi) is 4.47. The number of nitrogens with one attached hydrogen (secondary N) is 1. The third kappa shape index (κ3) is 3.15. The standard InChI is InChI=1S/C21H18BrNO2/c1-24-19-10-6-5-9-16(19)21-23-18-12-11-15(22)13-17(18)20(25-21)14-7-3-2-4-8-14/h2-13,20-21,23H,1H3. The van der Waals surface area contributed by atoms with Crippen molar-refractivity contribution in [2.24, 2.45) is 0 Å². The lowest BCUT2D eigenvalue weighted by molar-refractivity contribution is 0.0145. The maximum atomic E-state index is 6.47. The highest BCUT2D eigenvalue weighted by Gasteiger charge is 2.30. The molecule has 25 heavy (non-hydrogen) atoms. The lowest BCUT2D eigenvalue weighted by atomic mass is 9.97. The molecule has 1 heterocycles. The molecule has 0 bridgehead atoms. The van der Waals surface area contributed by atoms with Gasteiger partial charge in [0.15, 0.2) is 6.23 Å². The number of methoxy groups -OCH3 is 1. The van der Waals surface area contributed by atoms with Crippen molar-refractivity contribution in [1.82, 2.24) is 0 Å². The third-order valence-corrected chi connectivity index (χ3v) is 4.87. The van der Waals surface area contributed by atoms with Crippen LogP contribution in [0, 0.1) is 0 Å². The van der Waals surface area contributed by atoms with Gasteiger partial charge in [0.25, 0.3) is 0 Å². The van der Waals surface area contributed by atoms with Crippen LogP contribution < -0.4 is 10.1 Å². The van der Waals surface area contributed by atoms with Gasteiger partial charge in [0, 0.05) is 21.3 Å². The van der Waals surface area contributed by atoms with Crippen LogP contribution in [0.3, 0.4) is 0 Å². The van der Waals surface area contributed by atoms with Crippen molar-refractivity contribution in [2.75, 3.05) is 12.4 Å². The maximum absolute atomic E-state index is 6.47. The summed E-state index contributed by atoms with van der Waals surface area (Å²) in [6.45, 7) is 0. The van der Waals surface area contributed by atoms with Crippen molar-refractivity contribution < 1.29 is 9.47 Å². The first-order valence-electron chi connectivity index (χ1n) is 8.15. The van der Waals surface area contributed by atoms with E-state index in [0.717, 1.165) is 32.6 Å². The lowest BCUT2D eigenvalue weighted by Crippen LogP contribution is -2.25. The fourth-order valence-corrected chi connectivity index (χ4v) is 3.57. The Morgan fingerprint density at radius 3 is 2.48 bits per heavy atom. The van der Waals surface area contributed by atoms with Gasteiger partial charge in [0.2, 0.25) is 0 Å². The second kappa shape index (κ2) is 6.90. The molecule has 3 aromatic rings. The zero-order valence-corrected chi connectivity index (χ0v) is 15.4. The first-order chi connectivity index (χ1) is 12.3. The Hall–Kier alpha value is -2.30. The molecule has 0 saturated heterocycles. The summed E-state index contributed by atoms with van der Waals surface area (Å²) in [6, 6.07) is 24.5. The van der Waals surface area contributed by atoms with E-state index in [0.29, 0.717) is 0 Å². The molecule has 0 radical (unpaired) electrons. The number of hydrogen-bond donors (Lipinski definition) is 1. The SMILES string of the molecule is COc1ccccc1C1Nc2ccc(Br)cc2C(c2ccccc2)O1. The first-order valence-corrected chi connectivity index (χ1v) is 8.95. The number of hydrogen-bond acceptors (Lipinski definition) is 3. The molecule has 2 atom stereocenters. The number of anilines is 1. The van der Waals surface area contributed by atoms with E-state index in [1.165, 1.54) is 0 Å². The summed E-state index contributed by atoms with van der Waals surface area (Å²) in [5, 5.41) is 3.49. The van der Waals surface area contributed by atoms with Gasteiger partial charge in [-0.05, 0) is 29.8 Å². The summed E-state index contributed by atoms with van der Waals surface area (Å²) in [7, 11) is 1.68. The molecular weight excluding hydrogens is 378 g/mol. The number of para-hydroxylation sites is 1. The molecular formula is C21H18BrNO2. The van der Waals surface area contributed by atoms with Crippen LogP contribution in [-0.2, 0) is 4.74 Å². The second-order valence-electron chi connectivity index (χ2n) is 5.92. The molecule has 4 heteroatoms. The summed E-state index contributed by atoms with van der Waals surface area (Å²) in [5.74, 6) is 0.812. The van der Waals surface area contributed by atoms with Gasteiger partial charge in [-0.2, -0.15) is 0 Å². The third-order valence-electron chi connectivity index (χ3n) is 4.38. The number of halogens is 1. The van der Waals surface area contributed by atoms with Gasteiger partial charge < -0.3 is 14.8 Å².